The van der Waals surface area contributed by atoms with Crippen LogP contribution in [0.3, 0.4) is 0 Å². The minimum Gasteiger partial charge on any atom is -0.172 e. The summed E-state index contributed by atoms with van der Waals surface area (Å²) < 4.78 is 22.0. The first-order valence-electron chi connectivity index (χ1n) is 20.0. The fraction of sp³-hybridized carbons (Fsp3) is 0.571. The minimum atomic E-state index is 0.968. The number of benzene rings is 2. The molecule has 0 aliphatic rings. The summed E-state index contributed by atoms with van der Waals surface area (Å²) in [5, 5.41) is 2.23. The van der Waals surface area contributed by atoms with Crippen LogP contribution in [0.5, 0.6) is 0 Å². The SMILES string of the molecule is CCCCCCCCCCCCc1cc(-c2cc3c(cc(-c4cc(CCCCCCCCCCCC)c(Br)s4)c4nsnc43)c3nsnc23)sc1Br. The van der Waals surface area contributed by atoms with Gasteiger partial charge >= 0.3 is 0 Å². The fourth-order valence-electron chi connectivity index (χ4n) is 7.46. The Labute approximate surface area is 344 Å². The average molecular weight is 903 g/mol. The number of hydrogen-bond donors (Lipinski definition) is 0. The number of fused-ring (bicyclic) bond motifs is 5. The van der Waals surface area contributed by atoms with Crippen LogP contribution in [0.25, 0.3) is 53.7 Å². The van der Waals surface area contributed by atoms with E-state index in [-0.39, 0.29) is 0 Å². The lowest BCUT2D eigenvalue weighted by Gasteiger charge is -2.07. The van der Waals surface area contributed by atoms with Crippen LogP contribution in [0.2, 0.25) is 0 Å². The molecule has 4 heterocycles. The van der Waals surface area contributed by atoms with Gasteiger partial charge in [-0.05, 0) is 92.9 Å². The van der Waals surface area contributed by atoms with E-state index in [0.717, 1.165) is 56.8 Å². The van der Waals surface area contributed by atoms with E-state index in [0.29, 0.717) is 0 Å². The highest BCUT2D eigenvalue weighted by atomic mass is 79.9. The highest BCUT2D eigenvalue weighted by Crippen LogP contribution is 2.45. The van der Waals surface area contributed by atoms with Gasteiger partial charge in [-0.25, -0.2) is 0 Å². The fourth-order valence-corrected chi connectivity index (χ4v) is 12.2. The lowest BCUT2D eigenvalue weighted by atomic mass is 9.98. The Morgan fingerprint density at radius 3 is 1.12 bits per heavy atom. The van der Waals surface area contributed by atoms with Crippen molar-refractivity contribution in [1.82, 2.24) is 17.5 Å². The predicted octanol–water partition coefficient (Wildman–Crippen LogP) is 16.8. The highest BCUT2D eigenvalue weighted by molar-refractivity contribution is 9.11. The molecule has 0 fully saturated rings. The molecule has 0 unspecified atom stereocenters. The van der Waals surface area contributed by atoms with E-state index in [9.17, 15) is 0 Å². The standard InChI is InChI=1S/C42H54Br2N4S4/c1-3-5-7-9-11-13-15-17-19-21-23-29-25-35(49-41(29)43)33-27-31-32(37-39(33)47-51-45-37)28-34(40-38(31)46-52-48-40)36-26-30(42(44)50-36)24-22-20-18-16-14-12-10-8-6-4-2/h25-28H,3-24H2,1-2H3. The van der Waals surface area contributed by atoms with Crippen LogP contribution in [0.15, 0.2) is 31.8 Å². The van der Waals surface area contributed by atoms with Crippen LogP contribution in [-0.2, 0) is 12.8 Å². The van der Waals surface area contributed by atoms with E-state index in [1.165, 1.54) is 180 Å². The predicted molar refractivity (Wildman–Crippen MR) is 239 cm³/mol. The quantitative estimate of drug-likeness (QED) is 0.0568. The molecule has 0 amide bonds. The first-order valence-corrected chi connectivity index (χ1v) is 24.7. The molecule has 2 aromatic carbocycles. The van der Waals surface area contributed by atoms with Crippen molar-refractivity contribution in [3.8, 4) is 20.9 Å². The first-order chi connectivity index (χ1) is 25.6. The lowest BCUT2D eigenvalue weighted by Crippen LogP contribution is -1.87. The molecule has 0 aliphatic carbocycles. The Morgan fingerprint density at radius 2 is 0.750 bits per heavy atom. The molecule has 0 radical (unpaired) electrons. The molecular weight excluding hydrogens is 849 g/mol. The van der Waals surface area contributed by atoms with E-state index in [1.54, 1.807) is 0 Å². The number of aryl methyl sites for hydroxylation is 2. The van der Waals surface area contributed by atoms with E-state index in [1.807, 2.05) is 22.7 Å². The molecule has 0 N–H and O–H groups in total. The van der Waals surface area contributed by atoms with Crippen molar-refractivity contribution < 1.29 is 0 Å². The van der Waals surface area contributed by atoms with Crippen molar-refractivity contribution in [2.75, 3.05) is 0 Å². The lowest BCUT2D eigenvalue weighted by molar-refractivity contribution is 0.556. The van der Waals surface area contributed by atoms with Gasteiger partial charge in [0.25, 0.3) is 0 Å². The molecule has 10 heteroatoms. The Balaban J connectivity index is 1.13. The van der Waals surface area contributed by atoms with E-state index >= 15 is 0 Å². The molecular formula is C42H54Br2N4S4. The maximum absolute atomic E-state index is 4.88. The molecule has 0 aliphatic heterocycles. The molecule has 0 bridgehead atoms. The second kappa shape index (κ2) is 21.1. The Morgan fingerprint density at radius 1 is 0.423 bits per heavy atom. The Bertz CT molecular complexity index is 1850. The molecule has 0 saturated heterocycles. The van der Waals surface area contributed by atoms with Crippen LogP contribution < -0.4 is 0 Å². The third-order valence-corrected chi connectivity index (χ3v) is 15.6. The zero-order chi connectivity index (χ0) is 36.1. The summed E-state index contributed by atoms with van der Waals surface area (Å²) in [6, 6.07) is 9.37. The van der Waals surface area contributed by atoms with Crippen LogP contribution in [0, 0.1) is 0 Å². The molecule has 4 aromatic heterocycles. The number of unbranched alkanes of at least 4 members (excludes halogenated alkanes) is 18. The maximum atomic E-state index is 4.88. The monoisotopic (exact) mass is 900 g/mol. The van der Waals surface area contributed by atoms with Gasteiger partial charge in [0.2, 0.25) is 0 Å². The van der Waals surface area contributed by atoms with Gasteiger partial charge in [-0.2, -0.15) is 17.5 Å². The van der Waals surface area contributed by atoms with Gasteiger partial charge in [0.05, 0.1) is 31.0 Å². The molecule has 280 valence electrons. The number of nitrogens with zero attached hydrogens (tertiary/aromatic N) is 4. The summed E-state index contributed by atoms with van der Waals surface area (Å²) in [7, 11) is 0. The van der Waals surface area contributed by atoms with Gasteiger partial charge in [-0.1, -0.05) is 129 Å². The molecule has 52 heavy (non-hydrogen) atoms. The second-order valence-corrected chi connectivity index (χ2v) is 20.3. The molecule has 0 atom stereocenters. The van der Waals surface area contributed by atoms with Gasteiger partial charge in [0, 0.05) is 31.7 Å². The molecule has 6 aromatic rings. The summed E-state index contributed by atoms with van der Waals surface area (Å²) in [6.07, 6.45) is 29.4. The topological polar surface area (TPSA) is 51.6 Å². The van der Waals surface area contributed by atoms with Crippen LogP contribution >= 0.6 is 78.0 Å². The molecule has 6 rings (SSSR count). The minimum absolute atomic E-state index is 0.968. The summed E-state index contributed by atoms with van der Waals surface area (Å²) in [5.41, 5.74) is 9.02. The van der Waals surface area contributed by atoms with Gasteiger partial charge in [-0.3, -0.25) is 0 Å². The third kappa shape index (κ3) is 10.5. The maximum Gasteiger partial charge on any atom is 0.114 e. The van der Waals surface area contributed by atoms with Gasteiger partial charge in [-0.15, -0.1) is 22.7 Å². The van der Waals surface area contributed by atoms with Crippen molar-refractivity contribution in [3.05, 3.63) is 43.0 Å². The van der Waals surface area contributed by atoms with E-state index in [4.69, 9.17) is 17.5 Å². The van der Waals surface area contributed by atoms with Crippen LogP contribution in [0.4, 0.5) is 0 Å². The average Bonchev–Trinajstić information content (AvgIpc) is 3.97. The number of aromatic nitrogens is 4. The summed E-state index contributed by atoms with van der Waals surface area (Å²) >= 11 is 14.1. The van der Waals surface area contributed by atoms with E-state index in [2.05, 4.69) is 70.0 Å². The molecule has 4 nitrogen and oxygen atoms in total. The van der Waals surface area contributed by atoms with Gasteiger partial charge in [0.1, 0.15) is 22.1 Å². The van der Waals surface area contributed by atoms with Crippen molar-refractivity contribution in [2.24, 2.45) is 0 Å². The van der Waals surface area contributed by atoms with Crippen molar-refractivity contribution in [3.63, 3.8) is 0 Å². The van der Waals surface area contributed by atoms with Crippen LogP contribution in [0.1, 0.15) is 153 Å². The highest BCUT2D eigenvalue weighted by Gasteiger charge is 2.22. The third-order valence-electron chi connectivity index (χ3n) is 10.5. The van der Waals surface area contributed by atoms with Crippen molar-refractivity contribution in [2.45, 2.75) is 155 Å². The zero-order valence-electron chi connectivity index (χ0n) is 31.0. The molecule has 0 spiro atoms. The number of rotatable bonds is 24. The summed E-state index contributed by atoms with van der Waals surface area (Å²) in [6.45, 7) is 4.58. The summed E-state index contributed by atoms with van der Waals surface area (Å²) in [5.74, 6) is 0. The van der Waals surface area contributed by atoms with Crippen LogP contribution in [-0.4, -0.2) is 17.5 Å². The number of hydrogen-bond acceptors (Lipinski definition) is 8. The zero-order valence-corrected chi connectivity index (χ0v) is 37.5. The normalized spacial score (nSPS) is 12.0. The number of thiophene rings is 2. The van der Waals surface area contributed by atoms with E-state index < -0.39 is 0 Å². The molecule has 0 saturated carbocycles. The van der Waals surface area contributed by atoms with Gasteiger partial charge in [0.15, 0.2) is 0 Å². The Kier molecular flexibility index (Phi) is 16.4. The van der Waals surface area contributed by atoms with Crippen molar-refractivity contribution in [1.29, 1.82) is 0 Å². The smallest absolute Gasteiger partial charge is 0.114 e. The van der Waals surface area contributed by atoms with Crippen molar-refractivity contribution >= 4 is 111 Å². The second-order valence-electron chi connectivity index (χ2n) is 14.5. The summed E-state index contributed by atoms with van der Waals surface area (Å²) in [4.78, 5) is 2.49. The first kappa shape index (κ1) is 40.4. The largest absolute Gasteiger partial charge is 0.172 e. The van der Waals surface area contributed by atoms with Gasteiger partial charge < -0.3 is 0 Å². The number of halogens is 2. The Hall–Kier alpha value is -1.30.